The van der Waals surface area contributed by atoms with Gasteiger partial charge in [-0.15, -0.1) is 0 Å². The quantitative estimate of drug-likeness (QED) is 0.599. The highest BCUT2D eigenvalue weighted by Gasteiger charge is 2.38. The Morgan fingerprint density at radius 2 is 2.00 bits per heavy atom. The summed E-state index contributed by atoms with van der Waals surface area (Å²) < 4.78 is 13.4. The fraction of sp³-hybridized carbons (Fsp3) is 0.357. The molecule has 1 amide bonds. The molecule has 2 aliphatic carbocycles. The Morgan fingerprint density at radius 1 is 1.24 bits per heavy atom. The average Bonchev–Trinajstić information content (AvgIpc) is 3.43. The van der Waals surface area contributed by atoms with Crippen molar-refractivity contribution in [3.8, 4) is 0 Å². The number of rotatable bonds is 7. The molecule has 2 aromatic rings. The molecule has 5 nitrogen and oxygen atoms in total. The van der Waals surface area contributed by atoms with Crippen molar-refractivity contribution in [2.45, 2.75) is 52.0 Å². The molecular formula is C28H31FN4O. The third-order valence-electron chi connectivity index (χ3n) is 7.29. The smallest absolute Gasteiger partial charge is 0.217 e. The van der Waals surface area contributed by atoms with Gasteiger partial charge in [0.15, 0.2) is 0 Å². The molecule has 1 unspecified atom stereocenters. The summed E-state index contributed by atoms with van der Waals surface area (Å²) in [7, 11) is 0. The van der Waals surface area contributed by atoms with Crippen LogP contribution in [0.1, 0.15) is 45.1 Å². The zero-order chi connectivity index (χ0) is 23.7. The van der Waals surface area contributed by atoms with E-state index in [0.29, 0.717) is 11.8 Å². The minimum Gasteiger partial charge on any atom is -0.354 e. The molecule has 0 saturated carbocycles. The molecule has 0 fully saturated rings. The van der Waals surface area contributed by atoms with Gasteiger partial charge in [0.05, 0.1) is 11.4 Å². The van der Waals surface area contributed by atoms with E-state index in [1.807, 2.05) is 29.5 Å². The first-order chi connectivity index (χ1) is 16.5. The molecule has 0 radical (unpaired) electrons. The van der Waals surface area contributed by atoms with Crippen LogP contribution in [0.2, 0.25) is 0 Å². The van der Waals surface area contributed by atoms with Gasteiger partial charge in [-0.1, -0.05) is 12.5 Å². The number of benzene rings is 1. The number of hydrogen-bond acceptors (Lipinski definition) is 4. The number of nitrogens with one attached hydrogen (secondary N) is 2. The molecule has 2 N–H and O–H groups in total. The largest absolute Gasteiger partial charge is 0.354 e. The highest BCUT2D eigenvalue weighted by atomic mass is 19.1. The van der Waals surface area contributed by atoms with Gasteiger partial charge in [-0.25, -0.2) is 4.39 Å². The lowest BCUT2D eigenvalue weighted by atomic mass is 9.78. The van der Waals surface area contributed by atoms with Crippen molar-refractivity contribution in [1.82, 2.24) is 15.7 Å². The summed E-state index contributed by atoms with van der Waals surface area (Å²) in [6.45, 7) is 3.89. The van der Waals surface area contributed by atoms with E-state index in [2.05, 4.69) is 34.9 Å². The van der Waals surface area contributed by atoms with Crippen molar-refractivity contribution in [3.63, 3.8) is 0 Å². The summed E-state index contributed by atoms with van der Waals surface area (Å²) in [6.07, 6.45) is 13.0. The predicted octanol–water partition coefficient (Wildman–Crippen LogP) is 5.20. The second-order valence-corrected chi connectivity index (χ2v) is 9.54. The van der Waals surface area contributed by atoms with E-state index in [1.54, 1.807) is 19.1 Å². The summed E-state index contributed by atoms with van der Waals surface area (Å²) in [6, 6.07) is 10.8. The van der Waals surface area contributed by atoms with Crippen molar-refractivity contribution in [1.29, 1.82) is 0 Å². The highest BCUT2D eigenvalue weighted by molar-refractivity contribution is 5.73. The van der Waals surface area contributed by atoms with Crippen LogP contribution in [0.15, 0.2) is 83.5 Å². The summed E-state index contributed by atoms with van der Waals surface area (Å²) in [4.78, 5) is 16.0. The Morgan fingerprint density at radius 3 is 2.74 bits per heavy atom. The van der Waals surface area contributed by atoms with E-state index in [0.717, 1.165) is 43.5 Å². The highest BCUT2D eigenvalue weighted by Crippen LogP contribution is 2.49. The normalized spacial score (nSPS) is 21.9. The number of pyridine rings is 1. The van der Waals surface area contributed by atoms with Crippen LogP contribution >= 0.6 is 0 Å². The van der Waals surface area contributed by atoms with Crippen molar-refractivity contribution < 1.29 is 9.18 Å². The molecule has 3 atom stereocenters. The number of carbonyl (C=O) groups excluding carboxylic acids is 1. The van der Waals surface area contributed by atoms with E-state index >= 15 is 0 Å². The molecule has 3 aliphatic rings. The maximum Gasteiger partial charge on any atom is 0.217 e. The van der Waals surface area contributed by atoms with Gasteiger partial charge in [0.2, 0.25) is 5.91 Å². The predicted molar refractivity (Wildman–Crippen MR) is 132 cm³/mol. The number of aromatic nitrogens is 1. The van der Waals surface area contributed by atoms with Crippen molar-refractivity contribution >= 4 is 11.6 Å². The van der Waals surface area contributed by atoms with E-state index in [-0.39, 0.29) is 17.8 Å². The van der Waals surface area contributed by atoms with Gasteiger partial charge in [-0.2, -0.15) is 0 Å². The minimum atomic E-state index is -0.233. The Kier molecular flexibility index (Phi) is 6.22. The first kappa shape index (κ1) is 22.4. The van der Waals surface area contributed by atoms with Gasteiger partial charge in [-0.05, 0) is 91.6 Å². The zero-order valence-corrected chi connectivity index (χ0v) is 19.7. The average molecular weight is 459 g/mol. The Labute approximate surface area is 200 Å². The first-order valence-corrected chi connectivity index (χ1v) is 12.1. The number of nitrogens with zero attached hydrogens (tertiary/aromatic N) is 2. The number of amides is 1. The molecule has 0 bridgehead atoms. The van der Waals surface area contributed by atoms with Gasteiger partial charge in [-0.3, -0.25) is 14.8 Å². The molecule has 0 saturated heterocycles. The number of hydrazine groups is 1. The summed E-state index contributed by atoms with van der Waals surface area (Å²) >= 11 is 0. The number of carbonyl (C=O) groups is 1. The number of anilines is 1. The van der Waals surface area contributed by atoms with Crippen LogP contribution in [-0.2, 0) is 11.2 Å². The maximum atomic E-state index is 13.4. The summed E-state index contributed by atoms with van der Waals surface area (Å²) in [5, 5.41) is 5.25. The molecule has 2 heterocycles. The Balaban J connectivity index is 1.34. The number of allylic oxidation sites excluding steroid dienone is 4. The molecule has 6 heteroatoms. The lowest BCUT2D eigenvalue weighted by Crippen LogP contribution is -2.35. The van der Waals surface area contributed by atoms with Gasteiger partial charge < -0.3 is 10.7 Å². The topological polar surface area (TPSA) is 57.3 Å². The SMILES string of the molecule is CC(=O)NC(CCc1ccncc1)C[C@H]1CCC2=C1[C@@H](C)C1=CNN(c3ccc(F)cc3)C1=C2. The van der Waals surface area contributed by atoms with Crippen molar-refractivity contribution in [2.75, 3.05) is 5.01 Å². The molecule has 1 aromatic heterocycles. The second kappa shape index (κ2) is 9.45. The van der Waals surface area contributed by atoms with Crippen LogP contribution < -0.4 is 15.8 Å². The maximum absolute atomic E-state index is 13.4. The molecular weight excluding hydrogens is 427 g/mol. The van der Waals surface area contributed by atoms with E-state index < -0.39 is 0 Å². The number of fused-ring (bicyclic) bond motifs is 1. The number of aryl methyl sites for hydroxylation is 1. The van der Waals surface area contributed by atoms with E-state index in [1.165, 1.54) is 34.4 Å². The number of halogens is 1. The van der Waals surface area contributed by atoms with Gasteiger partial charge in [0.1, 0.15) is 5.82 Å². The van der Waals surface area contributed by atoms with Crippen molar-refractivity contribution in [2.24, 2.45) is 11.8 Å². The number of hydrogen-bond donors (Lipinski definition) is 2. The fourth-order valence-corrected chi connectivity index (χ4v) is 5.73. The molecule has 1 aromatic carbocycles. The van der Waals surface area contributed by atoms with Crippen LogP contribution in [0, 0.1) is 17.7 Å². The Bertz CT molecular complexity index is 1150. The zero-order valence-electron chi connectivity index (χ0n) is 19.7. The van der Waals surface area contributed by atoms with Crippen LogP contribution in [0.4, 0.5) is 10.1 Å². The van der Waals surface area contributed by atoms with Crippen LogP contribution in [0.5, 0.6) is 0 Å². The van der Waals surface area contributed by atoms with Gasteiger partial charge in [0.25, 0.3) is 0 Å². The molecule has 34 heavy (non-hydrogen) atoms. The fourth-order valence-electron chi connectivity index (χ4n) is 5.73. The van der Waals surface area contributed by atoms with E-state index in [4.69, 9.17) is 0 Å². The monoisotopic (exact) mass is 458 g/mol. The van der Waals surface area contributed by atoms with Crippen molar-refractivity contribution in [3.05, 3.63) is 94.9 Å². The van der Waals surface area contributed by atoms with Crippen LogP contribution in [0.3, 0.4) is 0 Å². The third kappa shape index (κ3) is 4.49. The van der Waals surface area contributed by atoms with E-state index in [9.17, 15) is 9.18 Å². The molecule has 0 spiro atoms. The lowest BCUT2D eigenvalue weighted by molar-refractivity contribution is -0.119. The minimum absolute atomic E-state index is 0.0310. The van der Waals surface area contributed by atoms with Crippen LogP contribution in [0.25, 0.3) is 0 Å². The second-order valence-electron chi connectivity index (χ2n) is 9.54. The Hall–Kier alpha value is -3.41. The first-order valence-electron chi connectivity index (χ1n) is 12.1. The van der Waals surface area contributed by atoms with Gasteiger partial charge >= 0.3 is 0 Å². The van der Waals surface area contributed by atoms with Gasteiger partial charge in [0, 0.05) is 43.1 Å². The third-order valence-corrected chi connectivity index (χ3v) is 7.29. The standard InChI is InChI=1S/C28H31FN4O/c1-18-26-17-31-33(25-9-6-23(29)7-10-25)27(26)16-22-5-4-21(28(18)22)15-24(32-19(2)34)8-3-20-11-13-30-14-12-20/h6-7,9-14,16-18,21,24,31H,3-5,8,15H2,1-2H3,(H,32,34)/t18-,21+,24?/m0/s1. The molecule has 5 rings (SSSR count). The molecule has 176 valence electrons. The van der Waals surface area contributed by atoms with Crippen LogP contribution in [-0.4, -0.2) is 16.9 Å². The summed E-state index contributed by atoms with van der Waals surface area (Å²) in [5.74, 6) is 0.559. The molecule has 1 aliphatic heterocycles. The summed E-state index contributed by atoms with van der Waals surface area (Å²) in [5.41, 5.74) is 10.9. The lowest BCUT2D eigenvalue weighted by Gasteiger charge is -2.31.